The second-order valence-electron chi connectivity index (χ2n) is 7.34. The highest BCUT2D eigenvalue weighted by molar-refractivity contribution is 5.98. The van der Waals surface area contributed by atoms with Gasteiger partial charge in [0.2, 0.25) is 5.91 Å². The molecule has 144 valence electrons. The molecular formula is C23H25N3O2. The first-order chi connectivity index (χ1) is 13.7. The lowest BCUT2D eigenvalue weighted by Gasteiger charge is -2.31. The lowest BCUT2D eigenvalue weighted by Crippen LogP contribution is -2.43. The highest BCUT2D eigenvalue weighted by Crippen LogP contribution is 2.21. The van der Waals surface area contributed by atoms with Gasteiger partial charge in [0, 0.05) is 43.0 Å². The van der Waals surface area contributed by atoms with Gasteiger partial charge in [0.05, 0.1) is 0 Å². The third-order valence-corrected chi connectivity index (χ3v) is 5.50. The van der Waals surface area contributed by atoms with Crippen LogP contribution in [0.15, 0.2) is 60.7 Å². The Morgan fingerprint density at radius 3 is 2.61 bits per heavy atom. The zero-order valence-corrected chi connectivity index (χ0v) is 16.1. The first-order valence-electron chi connectivity index (χ1n) is 9.86. The van der Waals surface area contributed by atoms with Gasteiger partial charge in [-0.05, 0) is 24.1 Å². The van der Waals surface area contributed by atoms with E-state index in [1.165, 1.54) is 0 Å². The molecule has 0 aliphatic carbocycles. The number of nitrogens with one attached hydrogen (secondary N) is 1. The van der Waals surface area contributed by atoms with Gasteiger partial charge < -0.3 is 14.8 Å². The van der Waals surface area contributed by atoms with Crippen molar-refractivity contribution in [3.05, 3.63) is 71.9 Å². The Kier molecular flexibility index (Phi) is 5.15. The highest BCUT2D eigenvalue weighted by Gasteiger charge is 2.31. The Bertz CT molecular complexity index is 947. The number of hydrogen-bond donors (Lipinski definition) is 1. The maximum atomic E-state index is 13.1. The van der Waals surface area contributed by atoms with Gasteiger partial charge in [0.1, 0.15) is 5.69 Å². The number of aromatic amines is 1. The summed E-state index contributed by atoms with van der Waals surface area (Å²) >= 11 is 0. The van der Waals surface area contributed by atoms with E-state index in [4.69, 9.17) is 0 Å². The zero-order chi connectivity index (χ0) is 19.5. The largest absolute Gasteiger partial charge is 0.351 e. The fourth-order valence-corrected chi connectivity index (χ4v) is 3.91. The van der Waals surface area contributed by atoms with Crippen molar-refractivity contribution < 1.29 is 9.59 Å². The Morgan fingerprint density at radius 2 is 1.86 bits per heavy atom. The van der Waals surface area contributed by atoms with Gasteiger partial charge in [-0.2, -0.15) is 0 Å². The molecule has 3 aromatic rings. The lowest BCUT2D eigenvalue weighted by molar-refractivity contribution is -0.133. The molecule has 0 saturated carbocycles. The van der Waals surface area contributed by atoms with Crippen LogP contribution in [-0.2, 0) is 11.3 Å². The van der Waals surface area contributed by atoms with E-state index < -0.39 is 0 Å². The zero-order valence-electron chi connectivity index (χ0n) is 16.1. The molecule has 0 spiro atoms. The van der Waals surface area contributed by atoms with Crippen LogP contribution >= 0.6 is 0 Å². The summed E-state index contributed by atoms with van der Waals surface area (Å²) in [5.41, 5.74) is 2.65. The second-order valence-corrected chi connectivity index (χ2v) is 7.34. The maximum Gasteiger partial charge on any atom is 0.270 e. The molecule has 1 unspecified atom stereocenters. The van der Waals surface area contributed by atoms with Crippen LogP contribution < -0.4 is 0 Å². The molecule has 1 saturated heterocycles. The molecule has 2 aromatic carbocycles. The van der Waals surface area contributed by atoms with Gasteiger partial charge in [-0.15, -0.1) is 0 Å². The predicted octanol–water partition coefficient (Wildman–Crippen LogP) is 3.82. The number of amides is 2. The smallest absolute Gasteiger partial charge is 0.270 e. The van der Waals surface area contributed by atoms with Crippen molar-refractivity contribution in [3.8, 4) is 0 Å². The summed E-state index contributed by atoms with van der Waals surface area (Å²) in [6.07, 6.45) is 1.17. The lowest BCUT2D eigenvalue weighted by atomic mass is 10.1. The number of para-hydroxylation sites is 1. The van der Waals surface area contributed by atoms with Crippen molar-refractivity contribution in [2.24, 2.45) is 0 Å². The molecule has 28 heavy (non-hydrogen) atoms. The van der Waals surface area contributed by atoms with E-state index in [9.17, 15) is 9.59 Å². The summed E-state index contributed by atoms with van der Waals surface area (Å²) in [4.78, 5) is 32.9. The molecular weight excluding hydrogens is 350 g/mol. The van der Waals surface area contributed by atoms with Crippen LogP contribution in [0, 0.1) is 0 Å². The summed E-state index contributed by atoms with van der Waals surface area (Å²) in [7, 11) is 0. The fraction of sp³-hybridized carbons (Fsp3) is 0.304. The Morgan fingerprint density at radius 1 is 1.11 bits per heavy atom. The van der Waals surface area contributed by atoms with Crippen molar-refractivity contribution in [2.75, 3.05) is 13.1 Å². The van der Waals surface area contributed by atoms with E-state index in [1.807, 2.05) is 70.5 Å². The minimum atomic E-state index is -0.0380. The molecule has 2 heterocycles. The maximum absolute atomic E-state index is 13.1. The summed E-state index contributed by atoms with van der Waals surface area (Å²) in [5.74, 6) is 0.0756. The Hall–Kier alpha value is -3.08. The fourth-order valence-electron chi connectivity index (χ4n) is 3.91. The number of carbonyl (C=O) groups excluding carboxylic acids is 2. The van der Waals surface area contributed by atoms with E-state index >= 15 is 0 Å². The van der Waals surface area contributed by atoms with Gasteiger partial charge >= 0.3 is 0 Å². The molecule has 2 amide bonds. The van der Waals surface area contributed by atoms with E-state index in [2.05, 4.69) is 11.9 Å². The number of H-pyrrole nitrogens is 1. The summed E-state index contributed by atoms with van der Waals surface area (Å²) < 4.78 is 0. The Labute approximate surface area is 165 Å². The molecule has 4 rings (SSSR count). The topological polar surface area (TPSA) is 56.4 Å². The number of aromatic nitrogens is 1. The number of benzene rings is 2. The van der Waals surface area contributed by atoms with Crippen LogP contribution in [0.4, 0.5) is 0 Å². The SMILES string of the molecule is CCC1CN(C(=O)c2cc3ccccc3[nH]2)CCC(=O)N1Cc1ccccc1. The molecule has 1 N–H and O–H groups in total. The van der Waals surface area contributed by atoms with Crippen molar-refractivity contribution in [2.45, 2.75) is 32.4 Å². The number of fused-ring (bicyclic) bond motifs is 1. The average molecular weight is 375 g/mol. The summed E-state index contributed by atoms with van der Waals surface area (Å²) in [6, 6.07) is 19.8. The molecule has 0 radical (unpaired) electrons. The van der Waals surface area contributed by atoms with Gasteiger partial charge in [-0.25, -0.2) is 0 Å². The molecule has 5 nitrogen and oxygen atoms in total. The minimum absolute atomic E-state index is 0.0172. The van der Waals surface area contributed by atoms with Gasteiger partial charge in [-0.1, -0.05) is 55.5 Å². The van der Waals surface area contributed by atoms with Crippen LogP contribution in [0.2, 0.25) is 0 Å². The number of carbonyl (C=O) groups is 2. The van der Waals surface area contributed by atoms with Crippen molar-refractivity contribution in [3.63, 3.8) is 0 Å². The van der Waals surface area contributed by atoms with Gasteiger partial charge in [-0.3, -0.25) is 9.59 Å². The molecule has 1 atom stereocenters. The van der Waals surface area contributed by atoms with E-state index in [0.29, 0.717) is 31.7 Å². The van der Waals surface area contributed by atoms with Crippen molar-refractivity contribution in [1.29, 1.82) is 0 Å². The van der Waals surface area contributed by atoms with Crippen LogP contribution in [-0.4, -0.2) is 45.7 Å². The molecule has 1 aliphatic rings. The highest BCUT2D eigenvalue weighted by atomic mass is 16.2. The summed E-state index contributed by atoms with van der Waals surface area (Å²) in [6.45, 7) is 3.68. The van der Waals surface area contributed by atoms with Crippen molar-refractivity contribution in [1.82, 2.24) is 14.8 Å². The molecule has 5 heteroatoms. The minimum Gasteiger partial charge on any atom is -0.351 e. The van der Waals surface area contributed by atoms with Crippen LogP contribution in [0.1, 0.15) is 35.8 Å². The molecule has 1 aromatic heterocycles. The van der Waals surface area contributed by atoms with E-state index in [1.54, 1.807) is 0 Å². The summed E-state index contributed by atoms with van der Waals surface area (Å²) in [5, 5.41) is 1.02. The molecule has 0 bridgehead atoms. The average Bonchev–Trinajstić information content (AvgIpc) is 3.10. The molecule has 1 fully saturated rings. The van der Waals surface area contributed by atoms with E-state index in [-0.39, 0.29) is 17.9 Å². The quantitative estimate of drug-likeness (QED) is 0.754. The number of rotatable bonds is 4. The van der Waals surface area contributed by atoms with Crippen LogP contribution in [0.5, 0.6) is 0 Å². The normalized spacial score (nSPS) is 17.8. The van der Waals surface area contributed by atoms with Gasteiger partial charge in [0.25, 0.3) is 5.91 Å². The van der Waals surface area contributed by atoms with Crippen molar-refractivity contribution >= 4 is 22.7 Å². The standard InChI is InChI=1S/C23H25N3O2/c1-2-19-16-25(23(28)21-14-18-10-6-7-11-20(18)24-21)13-12-22(27)26(19)15-17-8-4-3-5-9-17/h3-11,14,19,24H,2,12-13,15-16H2,1H3. The third-order valence-electron chi connectivity index (χ3n) is 5.50. The third kappa shape index (κ3) is 3.65. The number of nitrogens with zero attached hydrogens (tertiary/aromatic N) is 2. The second kappa shape index (κ2) is 7.89. The number of hydrogen-bond acceptors (Lipinski definition) is 2. The molecule has 1 aliphatic heterocycles. The monoisotopic (exact) mass is 375 g/mol. The predicted molar refractivity (Wildman–Crippen MR) is 110 cm³/mol. The van der Waals surface area contributed by atoms with E-state index in [0.717, 1.165) is 22.9 Å². The van der Waals surface area contributed by atoms with Gasteiger partial charge in [0.15, 0.2) is 0 Å². The Balaban J connectivity index is 1.55. The van der Waals surface area contributed by atoms with Crippen LogP contribution in [0.25, 0.3) is 10.9 Å². The first kappa shape index (κ1) is 18.3. The first-order valence-corrected chi connectivity index (χ1v) is 9.86. The van der Waals surface area contributed by atoms with Crippen LogP contribution in [0.3, 0.4) is 0 Å².